The number of nitrogens with one attached hydrogen (secondary N) is 1. The van der Waals surface area contributed by atoms with Crippen molar-refractivity contribution in [3.63, 3.8) is 0 Å². The third kappa shape index (κ3) is 4.62. The van der Waals surface area contributed by atoms with Gasteiger partial charge in [-0.1, -0.05) is 30.0 Å². The summed E-state index contributed by atoms with van der Waals surface area (Å²) in [4.78, 5) is 36.2. The zero-order chi connectivity index (χ0) is 22.9. The van der Waals surface area contributed by atoms with Crippen LogP contribution in [0.25, 0.3) is 0 Å². The lowest BCUT2D eigenvalue weighted by atomic mass is 9.85. The Kier molecular flexibility index (Phi) is 5.94. The highest BCUT2D eigenvalue weighted by Crippen LogP contribution is 2.45. The molecule has 2 aliphatic heterocycles. The van der Waals surface area contributed by atoms with E-state index in [0.717, 1.165) is 6.20 Å². The minimum absolute atomic E-state index is 0.0599. The first kappa shape index (κ1) is 22.3. The molecule has 1 saturated heterocycles. The van der Waals surface area contributed by atoms with E-state index in [0.29, 0.717) is 28.7 Å². The van der Waals surface area contributed by atoms with Crippen molar-refractivity contribution >= 4 is 28.9 Å². The summed E-state index contributed by atoms with van der Waals surface area (Å²) in [5.41, 5.74) is -0.441. The summed E-state index contributed by atoms with van der Waals surface area (Å²) in [5, 5.41) is 3.32. The summed E-state index contributed by atoms with van der Waals surface area (Å²) in [6, 6.07) is 11.8. The SMILES string of the molecule is CC(C)(C)OC(=O)N1C[C@H]2CSC(NC(=O)c3ccccc3)=N[C@@]2(c2ccc(F)cn2)C1. The minimum Gasteiger partial charge on any atom is -0.444 e. The van der Waals surface area contributed by atoms with Crippen molar-refractivity contribution in [1.29, 1.82) is 0 Å². The minimum atomic E-state index is -0.894. The molecule has 0 unspecified atom stereocenters. The number of thioether (sulfide) groups is 1. The number of carbonyl (C=O) groups is 2. The third-order valence-electron chi connectivity index (χ3n) is 5.35. The molecular weight excluding hydrogens is 431 g/mol. The number of amides is 2. The van der Waals surface area contributed by atoms with Crippen LogP contribution in [0.3, 0.4) is 0 Å². The van der Waals surface area contributed by atoms with E-state index >= 15 is 0 Å². The summed E-state index contributed by atoms with van der Waals surface area (Å²) in [5.74, 6) is -0.156. The first-order valence-corrected chi connectivity index (χ1v) is 11.3. The number of hydrogen-bond acceptors (Lipinski definition) is 6. The van der Waals surface area contributed by atoms with Gasteiger partial charge in [-0.15, -0.1) is 0 Å². The number of fused-ring (bicyclic) bond motifs is 1. The monoisotopic (exact) mass is 456 g/mol. The molecule has 1 N–H and O–H groups in total. The summed E-state index contributed by atoms with van der Waals surface area (Å²) in [6.07, 6.45) is 0.722. The van der Waals surface area contributed by atoms with Gasteiger partial charge in [-0.25, -0.2) is 14.2 Å². The van der Waals surface area contributed by atoms with Gasteiger partial charge in [0.05, 0.1) is 18.4 Å². The number of aliphatic imine (C=N–C) groups is 1. The van der Waals surface area contributed by atoms with Crippen LogP contribution in [0, 0.1) is 11.7 Å². The van der Waals surface area contributed by atoms with Crippen LogP contribution in [0.2, 0.25) is 0 Å². The van der Waals surface area contributed by atoms with Crippen LogP contribution in [-0.2, 0) is 10.3 Å². The lowest BCUT2D eigenvalue weighted by molar-refractivity contribution is 0.0282. The molecule has 0 bridgehead atoms. The third-order valence-corrected chi connectivity index (χ3v) is 6.39. The molecule has 2 aliphatic rings. The maximum absolute atomic E-state index is 13.6. The Bertz CT molecular complexity index is 1040. The molecule has 0 aliphatic carbocycles. The normalized spacial score (nSPS) is 22.7. The van der Waals surface area contributed by atoms with Crippen LogP contribution in [0.1, 0.15) is 36.8 Å². The summed E-state index contributed by atoms with van der Waals surface area (Å²) >= 11 is 1.42. The average Bonchev–Trinajstić information content (AvgIpc) is 3.14. The molecule has 0 radical (unpaired) electrons. The fourth-order valence-corrected chi connectivity index (χ4v) is 5.01. The van der Waals surface area contributed by atoms with Gasteiger partial charge in [0, 0.05) is 23.8 Å². The quantitative estimate of drug-likeness (QED) is 0.743. The Morgan fingerprint density at radius 3 is 2.62 bits per heavy atom. The number of benzene rings is 1. The zero-order valence-corrected chi connectivity index (χ0v) is 19.0. The maximum Gasteiger partial charge on any atom is 0.410 e. The van der Waals surface area contributed by atoms with Crippen molar-refractivity contribution in [3.8, 4) is 0 Å². The number of rotatable bonds is 2. The molecule has 4 rings (SSSR count). The Labute approximate surface area is 190 Å². The molecule has 168 valence electrons. The number of aromatic nitrogens is 1. The van der Waals surface area contributed by atoms with Gasteiger partial charge >= 0.3 is 6.09 Å². The second-order valence-corrected chi connectivity index (χ2v) is 9.90. The second kappa shape index (κ2) is 8.54. The number of amidine groups is 1. The molecule has 1 aromatic carbocycles. The molecule has 1 aromatic heterocycles. The van der Waals surface area contributed by atoms with E-state index < -0.39 is 23.1 Å². The number of carbonyl (C=O) groups excluding carboxylic acids is 2. The van der Waals surface area contributed by atoms with Gasteiger partial charge in [-0.05, 0) is 45.0 Å². The van der Waals surface area contributed by atoms with Crippen molar-refractivity contribution in [2.45, 2.75) is 31.9 Å². The Balaban J connectivity index is 1.66. The van der Waals surface area contributed by atoms with Crippen molar-refractivity contribution in [3.05, 3.63) is 65.7 Å². The highest BCUT2D eigenvalue weighted by molar-refractivity contribution is 8.13. The fraction of sp³-hybridized carbons (Fsp3) is 0.391. The Hall–Kier alpha value is -2.94. The average molecular weight is 457 g/mol. The largest absolute Gasteiger partial charge is 0.444 e. The van der Waals surface area contributed by atoms with E-state index in [-0.39, 0.29) is 18.4 Å². The first-order valence-electron chi connectivity index (χ1n) is 10.4. The van der Waals surface area contributed by atoms with E-state index in [1.165, 1.54) is 17.8 Å². The van der Waals surface area contributed by atoms with Gasteiger partial charge in [0.25, 0.3) is 5.91 Å². The molecule has 7 nitrogen and oxygen atoms in total. The van der Waals surface area contributed by atoms with Gasteiger partial charge < -0.3 is 15.0 Å². The molecule has 0 saturated carbocycles. The molecular formula is C23H25FN4O3S. The molecule has 2 amide bonds. The number of ether oxygens (including phenoxy) is 1. The standard InChI is InChI=1S/C23H25FN4O3S/c1-22(2,3)31-21(30)28-12-16-13-32-20(26-19(29)15-7-5-4-6-8-15)27-23(16,14-28)18-10-9-17(24)11-25-18/h4-11,16H,12-14H2,1-3H3,(H,26,27,29)/t16-,23-/m0/s1. The number of hydrogen-bond donors (Lipinski definition) is 1. The van der Waals surface area contributed by atoms with Crippen molar-refractivity contribution in [1.82, 2.24) is 15.2 Å². The zero-order valence-electron chi connectivity index (χ0n) is 18.2. The highest BCUT2D eigenvalue weighted by Gasteiger charge is 2.53. The molecule has 2 atom stereocenters. The molecule has 9 heteroatoms. The topological polar surface area (TPSA) is 83.9 Å². The number of nitrogens with zero attached hydrogens (tertiary/aromatic N) is 3. The molecule has 32 heavy (non-hydrogen) atoms. The van der Waals surface area contributed by atoms with Crippen molar-refractivity contribution < 1.29 is 18.7 Å². The predicted molar refractivity (Wildman–Crippen MR) is 121 cm³/mol. The van der Waals surface area contributed by atoms with Crippen LogP contribution < -0.4 is 5.32 Å². The number of pyridine rings is 1. The predicted octanol–water partition coefficient (Wildman–Crippen LogP) is 3.82. The van der Waals surface area contributed by atoms with Gasteiger partial charge in [0.15, 0.2) is 5.17 Å². The van der Waals surface area contributed by atoms with Crippen LogP contribution in [0.5, 0.6) is 0 Å². The maximum atomic E-state index is 13.6. The van der Waals surface area contributed by atoms with E-state index in [1.54, 1.807) is 35.2 Å². The smallest absolute Gasteiger partial charge is 0.410 e. The summed E-state index contributed by atoms with van der Waals surface area (Å²) in [7, 11) is 0. The Morgan fingerprint density at radius 1 is 1.22 bits per heavy atom. The lowest BCUT2D eigenvalue weighted by Crippen LogP contribution is -2.43. The van der Waals surface area contributed by atoms with Crippen LogP contribution in [0.4, 0.5) is 9.18 Å². The summed E-state index contributed by atoms with van der Waals surface area (Å²) < 4.78 is 19.1. The van der Waals surface area contributed by atoms with Crippen molar-refractivity contribution in [2.24, 2.45) is 10.9 Å². The number of likely N-dealkylation sites (tertiary alicyclic amines) is 1. The van der Waals surface area contributed by atoms with E-state index in [1.807, 2.05) is 26.8 Å². The van der Waals surface area contributed by atoms with Gasteiger partial charge in [0.1, 0.15) is 17.0 Å². The van der Waals surface area contributed by atoms with E-state index in [9.17, 15) is 14.0 Å². The Morgan fingerprint density at radius 2 is 1.97 bits per heavy atom. The molecule has 1 fully saturated rings. The first-order chi connectivity index (χ1) is 15.2. The summed E-state index contributed by atoms with van der Waals surface area (Å²) in [6.45, 7) is 6.12. The van der Waals surface area contributed by atoms with Gasteiger partial charge in [0.2, 0.25) is 0 Å². The lowest BCUT2D eigenvalue weighted by Gasteiger charge is -2.34. The van der Waals surface area contributed by atoms with Crippen molar-refractivity contribution in [2.75, 3.05) is 18.8 Å². The van der Waals surface area contributed by atoms with Gasteiger partial charge in [-0.3, -0.25) is 9.78 Å². The molecule has 0 spiro atoms. The molecule has 3 heterocycles. The highest BCUT2D eigenvalue weighted by atomic mass is 32.2. The number of halogens is 1. The second-order valence-electron chi connectivity index (χ2n) is 8.89. The van der Waals surface area contributed by atoms with Crippen LogP contribution >= 0.6 is 11.8 Å². The van der Waals surface area contributed by atoms with Crippen LogP contribution in [0.15, 0.2) is 53.7 Å². The molecule has 2 aromatic rings. The van der Waals surface area contributed by atoms with E-state index in [4.69, 9.17) is 9.73 Å². The van der Waals surface area contributed by atoms with E-state index in [2.05, 4.69) is 10.3 Å². The van der Waals surface area contributed by atoms with Crippen LogP contribution in [-0.4, -0.2) is 51.5 Å². The fourth-order valence-electron chi connectivity index (χ4n) is 3.88. The van der Waals surface area contributed by atoms with Gasteiger partial charge in [-0.2, -0.15) is 0 Å².